The molecule has 3 N–H and O–H groups in total. The SMILES string of the molecule is Cc1cccc(OCC(=O)O[C@@H](C)C(=O)Nc2ccc3[nH]c(=O)[nH]c3c2)c1C. The van der Waals surface area contributed by atoms with Crippen LogP contribution in [0, 0.1) is 13.8 Å². The van der Waals surface area contributed by atoms with Gasteiger partial charge in [-0.2, -0.15) is 0 Å². The van der Waals surface area contributed by atoms with Crippen molar-refractivity contribution >= 4 is 28.6 Å². The number of ether oxygens (including phenoxy) is 2. The number of hydrogen-bond donors (Lipinski definition) is 3. The van der Waals surface area contributed by atoms with Crippen molar-refractivity contribution in [2.24, 2.45) is 0 Å². The van der Waals surface area contributed by atoms with Crippen LogP contribution in [0.1, 0.15) is 18.1 Å². The fourth-order valence-corrected chi connectivity index (χ4v) is 2.66. The van der Waals surface area contributed by atoms with Crippen LogP contribution in [0.4, 0.5) is 5.69 Å². The standard InChI is InChI=1S/C20H21N3O5/c1-11-5-4-6-17(12(11)2)27-10-18(24)28-13(3)19(25)21-14-7-8-15-16(9-14)23-20(26)22-15/h4-9,13H,10H2,1-3H3,(H,21,25)(H2,22,23,26)/t13-/m0/s1. The first-order chi connectivity index (χ1) is 13.3. The molecule has 0 aliphatic heterocycles. The molecule has 0 fully saturated rings. The molecule has 0 saturated heterocycles. The predicted octanol–water partition coefficient (Wildman–Crippen LogP) is 2.42. The van der Waals surface area contributed by atoms with E-state index >= 15 is 0 Å². The largest absolute Gasteiger partial charge is 0.482 e. The van der Waals surface area contributed by atoms with Crippen LogP contribution in [-0.2, 0) is 14.3 Å². The summed E-state index contributed by atoms with van der Waals surface area (Å²) in [6.45, 7) is 5.04. The number of fused-ring (bicyclic) bond motifs is 1. The number of hydrogen-bond acceptors (Lipinski definition) is 5. The van der Waals surface area contributed by atoms with Crippen molar-refractivity contribution in [3.05, 3.63) is 58.0 Å². The second-order valence-corrected chi connectivity index (χ2v) is 6.45. The summed E-state index contributed by atoms with van der Waals surface area (Å²) in [5, 5.41) is 2.65. The van der Waals surface area contributed by atoms with Gasteiger partial charge in [0.05, 0.1) is 11.0 Å². The van der Waals surface area contributed by atoms with Crippen molar-refractivity contribution in [1.82, 2.24) is 9.97 Å². The lowest BCUT2D eigenvalue weighted by Crippen LogP contribution is -2.31. The number of aromatic nitrogens is 2. The summed E-state index contributed by atoms with van der Waals surface area (Å²) in [7, 11) is 0. The van der Waals surface area contributed by atoms with E-state index in [2.05, 4.69) is 15.3 Å². The molecule has 0 spiro atoms. The molecule has 8 nitrogen and oxygen atoms in total. The lowest BCUT2D eigenvalue weighted by atomic mass is 10.1. The van der Waals surface area contributed by atoms with E-state index in [1.807, 2.05) is 26.0 Å². The molecule has 0 aliphatic rings. The van der Waals surface area contributed by atoms with Crippen LogP contribution in [0.25, 0.3) is 11.0 Å². The zero-order chi connectivity index (χ0) is 20.3. The van der Waals surface area contributed by atoms with Crippen LogP contribution in [-0.4, -0.2) is 34.6 Å². The molecule has 0 aliphatic carbocycles. The Morgan fingerprint density at radius 1 is 1.11 bits per heavy atom. The Labute approximate surface area is 160 Å². The molecular weight excluding hydrogens is 362 g/mol. The summed E-state index contributed by atoms with van der Waals surface area (Å²) in [5.41, 5.74) is 3.34. The summed E-state index contributed by atoms with van der Waals surface area (Å²) in [4.78, 5) is 40.8. The van der Waals surface area contributed by atoms with Gasteiger partial charge in [-0.05, 0) is 56.2 Å². The Kier molecular flexibility index (Phi) is 5.49. The number of carbonyl (C=O) groups excluding carboxylic acids is 2. The van der Waals surface area contributed by atoms with E-state index in [-0.39, 0.29) is 12.3 Å². The minimum atomic E-state index is -1.00. The number of imidazole rings is 1. The Balaban J connectivity index is 1.54. The van der Waals surface area contributed by atoms with Crippen molar-refractivity contribution in [1.29, 1.82) is 0 Å². The van der Waals surface area contributed by atoms with Crippen LogP contribution >= 0.6 is 0 Å². The number of benzene rings is 2. The van der Waals surface area contributed by atoms with E-state index in [1.54, 1.807) is 24.3 Å². The second-order valence-electron chi connectivity index (χ2n) is 6.45. The molecular formula is C20H21N3O5. The molecule has 146 valence electrons. The first-order valence-corrected chi connectivity index (χ1v) is 8.75. The highest BCUT2D eigenvalue weighted by Gasteiger charge is 2.19. The Morgan fingerprint density at radius 3 is 2.64 bits per heavy atom. The van der Waals surface area contributed by atoms with Gasteiger partial charge < -0.3 is 24.8 Å². The summed E-state index contributed by atoms with van der Waals surface area (Å²) in [6.07, 6.45) is -1.00. The number of anilines is 1. The van der Waals surface area contributed by atoms with Gasteiger partial charge >= 0.3 is 11.7 Å². The van der Waals surface area contributed by atoms with E-state index in [1.165, 1.54) is 6.92 Å². The third-order valence-electron chi connectivity index (χ3n) is 4.36. The fourth-order valence-electron chi connectivity index (χ4n) is 2.66. The van der Waals surface area contributed by atoms with Crippen LogP contribution in [0.2, 0.25) is 0 Å². The highest BCUT2D eigenvalue weighted by molar-refractivity contribution is 5.96. The fraction of sp³-hybridized carbons (Fsp3) is 0.250. The number of esters is 1. The monoisotopic (exact) mass is 383 g/mol. The van der Waals surface area contributed by atoms with Crippen LogP contribution in [0.3, 0.4) is 0 Å². The van der Waals surface area contributed by atoms with Gasteiger partial charge in [-0.1, -0.05) is 12.1 Å². The molecule has 2 aromatic carbocycles. The summed E-state index contributed by atoms with van der Waals surface area (Å²) in [5.74, 6) is -0.533. The average Bonchev–Trinajstić information content (AvgIpc) is 3.02. The Hall–Kier alpha value is -3.55. The van der Waals surface area contributed by atoms with Gasteiger partial charge in [0.15, 0.2) is 12.7 Å². The lowest BCUT2D eigenvalue weighted by Gasteiger charge is -2.15. The van der Waals surface area contributed by atoms with Gasteiger partial charge in [0.25, 0.3) is 5.91 Å². The molecule has 1 amide bonds. The number of rotatable bonds is 6. The van der Waals surface area contributed by atoms with Gasteiger partial charge in [0.1, 0.15) is 5.75 Å². The van der Waals surface area contributed by atoms with Gasteiger partial charge in [0.2, 0.25) is 0 Å². The normalized spacial score (nSPS) is 11.8. The first-order valence-electron chi connectivity index (χ1n) is 8.75. The maximum Gasteiger partial charge on any atom is 0.344 e. The Bertz CT molecular complexity index is 1080. The van der Waals surface area contributed by atoms with Crippen LogP contribution in [0.15, 0.2) is 41.2 Å². The highest BCUT2D eigenvalue weighted by Crippen LogP contribution is 2.20. The molecule has 0 radical (unpaired) electrons. The molecule has 1 aromatic heterocycles. The predicted molar refractivity (Wildman–Crippen MR) is 105 cm³/mol. The highest BCUT2D eigenvalue weighted by atomic mass is 16.6. The number of aryl methyl sites for hydroxylation is 1. The van der Waals surface area contributed by atoms with Gasteiger partial charge in [-0.15, -0.1) is 0 Å². The van der Waals surface area contributed by atoms with Crippen molar-refractivity contribution in [2.75, 3.05) is 11.9 Å². The number of H-pyrrole nitrogens is 2. The number of amides is 1. The number of carbonyl (C=O) groups is 2. The lowest BCUT2D eigenvalue weighted by molar-refractivity contribution is -0.155. The van der Waals surface area contributed by atoms with E-state index in [0.717, 1.165) is 11.1 Å². The number of nitrogens with one attached hydrogen (secondary N) is 3. The third kappa shape index (κ3) is 4.40. The molecule has 0 unspecified atom stereocenters. The average molecular weight is 383 g/mol. The summed E-state index contributed by atoms with van der Waals surface area (Å²) in [6, 6.07) is 10.5. The minimum absolute atomic E-state index is 0.293. The zero-order valence-corrected chi connectivity index (χ0v) is 15.8. The van der Waals surface area contributed by atoms with Gasteiger partial charge in [-0.25, -0.2) is 9.59 Å². The zero-order valence-electron chi connectivity index (χ0n) is 15.8. The maximum absolute atomic E-state index is 12.3. The van der Waals surface area contributed by atoms with Gasteiger partial charge in [0, 0.05) is 5.69 Å². The molecule has 0 saturated carbocycles. The van der Waals surface area contributed by atoms with Crippen molar-refractivity contribution in [2.45, 2.75) is 26.9 Å². The first kappa shape index (κ1) is 19.2. The Morgan fingerprint density at radius 2 is 1.86 bits per heavy atom. The molecule has 1 heterocycles. The van der Waals surface area contributed by atoms with Gasteiger partial charge in [-0.3, -0.25) is 4.79 Å². The van der Waals surface area contributed by atoms with E-state index in [9.17, 15) is 14.4 Å². The summed E-state index contributed by atoms with van der Waals surface area (Å²) < 4.78 is 10.6. The smallest absolute Gasteiger partial charge is 0.344 e. The van der Waals surface area contributed by atoms with Crippen molar-refractivity contribution < 1.29 is 19.1 Å². The molecule has 3 rings (SSSR count). The maximum atomic E-state index is 12.3. The minimum Gasteiger partial charge on any atom is -0.482 e. The second kappa shape index (κ2) is 7.99. The third-order valence-corrected chi connectivity index (χ3v) is 4.36. The van der Waals surface area contributed by atoms with Crippen LogP contribution in [0.5, 0.6) is 5.75 Å². The van der Waals surface area contributed by atoms with E-state index in [0.29, 0.717) is 22.5 Å². The molecule has 8 heteroatoms. The molecule has 1 atom stereocenters. The molecule has 0 bridgehead atoms. The topological polar surface area (TPSA) is 113 Å². The van der Waals surface area contributed by atoms with E-state index in [4.69, 9.17) is 9.47 Å². The van der Waals surface area contributed by atoms with Crippen molar-refractivity contribution in [3.8, 4) is 5.75 Å². The summed E-state index contributed by atoms with van der Waals surface area (Å²) >= 11 is 0. The quantitative estimate of drug-likeness (QED) is 0.566. The number of aromatic amines is 2. The molecule has 28 heavy (non-hydrogen) atoms. The molecule has 3 aromatic rings. The van der Waals surface area contributed by atoms with Crippen molar-refractivity contribution in [3.63, 3.8) is 0 Å². The van der Waals surface area contributed by atoms with Crippen LogP contribution < -0.4 is 15.7 Å². The van der Waals surface area contributed by atoms with E-state index < -0.39 is 18.0 Å².